The van der Waals surface area contributed by atoms with Gasteiger partial charge in [-0.1, -0.05) is 13.8 Å². The van der Waals surface area contributed by atoms with Gasteiger partial charge in [0.2, 0.25) is 0 Å². The molecule has 5 nitrogen and oxygen atoms in total. The lowest BCUT2D eigenvalue weighted by Gasteiger charge is -2.24. The van der Waals surface area contributed by atoms with Crippen molar-refractivity contribution in [2.45, 2.75) is 26.4 Å². The van der Waals surface area contributed by atoms with Crippen LogP contribution in [0.15, 0.2) is 0 Å². The van der Waals surface area contributed by atoms with Gasteiger partial charge in [0.25, 0.3) is 0 Å². The molecule has 0 aromatic rings. The summed E-state index contributed by atoms with van der Waals surface area (Å²) in [5.74, 6) is 0.584. The maximum absolute atomic E-state index is 9.90. The highest BCUT2D eigenvalue weighted by molar-refractivity contribution is 4.74. The van der Waals surface area contributed by atoms with E-state index in [1.54, 1.807) is 7.11 Å². The SMILES string of the molecule is COCCN(CCC#N)CC(O)CNCC(C)C. The number of rotatable bonds is 11. The highest BCUT2D eigenvalue weighted by Crippen LogP contribution is 1.96. The van der Waals surface area contributed by atoms with E-state index in [4.69, 9.17) is 10.00 Å². The summed E-state index contributed by atoms with van der Waals surface area (Å²) >= 11 is 0. The van der Waals surface area contributed by atoms with Crippen molar-refractivity contribution in [3.63, 3.8) is 0 Å². The van der Waals surface area contributed by atoms with Crippen LogP contribution in [0.3, 0.4) is 0 Å². The molecule has 0 fully saturated rings. The van der Waals surface area contributed by atoms with Crippen molar-refractivity contribution in [2.75, 3.05) is 46.4 Å². The van der Waals surface area contributed by atoms with Crippen LogP contribution in [0.25, 0.3) is 0 Å². The monoisotopic (exact) mass is 257 g/mol. The lowest BCUT2D eigenvalue weighted by Crippen LogP contribution is -2.40. The Hall–Kier alpha value is -0.670. The number of nitrogens with zero attached hydrogens (tertiary/aromatic N) is 2. The Balaban J connectivity index is 3.85. The van der Waals surface area contributed by atoms with Crippen LogP contribution >= 0.6 is 0 Å². The fourth-order valence-corrected chi connectivity index (χ4v) is 1.62. The summed E-state index contributed by atoms with van der Waals surface area (Å²) in [7, 11) is 1.66. The molecule has 106 valence electrons. The molecule has 0 radical (unpaired) electrons. The van der Waals surface area contributed by atoms with Crippen molar-refractivity contribution in [3.05, 3.63) is 0 Å². The number of nitrogens with one attached hydrogen (secondary N) is 1. The maximum atomic E-state index is 9.90. The number of methoxy groups -OCH3 is 1. The van der Waals surface area contributed by atoms with Crippen molar-refractivity contribution < 1.29 is 9.84 Å². The van der Waals surface area contributed by atoms with Crippen LogP contribution in [-0.4, -0.2) is 62.6 Å². The summed E-state index contributed by atoms with van der Waals surface area (Å²) in [6, 6.07) is 2.13. The van der Waals surface area contributed by atoms with Crippen LogP contribution in [0.4, 0.5) is 0 Å². The summed E-state index contributed by atoms with van der Waals surface area (Å²) < 4.78 is 5.02. The first-order chi connectivity index (χ1) is 8.60. The first kappa shape index (κ1) is 17.3. The molecule has 0 rings (SSSR count). The molecule has 1 unspecified atom stereocenters. The fraction of sp³-hybridized carbons (Fsp3) is 0.923. The van der Waals surface area contributed by atoms with Gasteiger partial charge in [-0.2, -0.15) is 5.26 Å². The summed E-state index contributed by atoms with van der Waals surface area (Å²) in [6.07, 6.45) is 0.0786. The van der Waals surface area contributed by atoms with Crippen molar-refractivity contribution in [2.24, 2.45) is 5.92 Å². The predicted octanol–water partition coefficient (Wildman–Crippen LogP) is 0.455. The third kappa shape index (κ3) is 10.5. The summed E-state index contributed by atoms with van der Waals surface area (Å²) in [5.41, 5.74) is 0. The number of nitriles is 1. The molecule has 0 saturated carbocycles. The van der Waals surface area contributed by atoms with Crippen LogP contribution in [-0.2, 0) is 4.74 Å². The zero-order valence-corrected chi connectivity index (χ0v) is 11.9. The van der Waals surface area contributed by atoms with Gasteiger partial charge >= 0.3 is 0 Å². The average molecular weight is 257 g/mol. The Morgan fingerprint density at radius 2 is 2.06 bits per heavy atom. The van der Waals surface area contributed by atoms with Gasteiger partial charge in [-0.15, -0.1) is 0 Å². The van der Waals surface area contributed by atoms with E-state index in [0.29, 0.717) is 38.6 Å². The van der Waals surface area contributed by atoms with Gasteiger partial charge in [0.15, 0.2) is 0 Å². The molecule has 0 aliphatic heterocycles. The van der Waals surface area contributed by atoms with Crippen LogP contribution in [0.5, 0.6) is 0 Å². The Labute approximate surface area is 111 Å². The molecule has 2 N–H and O–H groups in total. The lowest BCUT2D eigenvalue weighted by molar-refractivity contribution is 0.0892. The van der Waals surface area contributed by atoms with Crippen LogP contribution in [0.2, 0.25) is 0 Å². The first-order valence-corrected chi connectivity index (χ1v) is 6.57. The molecule has 0 aliphatic carbocycles. The molecule has 0 aliphatic rings. The minimum atomic E-state index is -0.403. The van der Waals surface area contributed by atoms with Gasteiger partial charge in [0.1, 0.15) is 0 Å². The molecule has 0 bridgehead atoms. The minimum absolute atomic E-state index is 0.403. The minimum Gasteiger partial charge on any atom is -0.390 e. The summed E-state index contributed by atoms with van der Waals surface area (Å²) in [6.45, 7) is 8.41. The average Bonchev–Trinajstić information content (AvgIpc) is 2.32. The predicted molar refractivity (Wildman–Crippen MR) is 72.3 cm³/mol. The van der Waals surface area contributed by atoms with E-state index in [1.807, 2.05) is 0 Å². The molecule has 1 atom stereocenters. The molecule has 0 heterocycles. The topological polar surface area (TPSA) is 68.5 Å². The van der Waals surface area contributed by atoms with Crippen molar-refractivity contribution in [3.8, 4) is 6.07 Å². The van der Waals surface area contributed by atoms with E-state index in [9.17, 15) is 5.11 Å². The number of aliphatic hydroxyl groups is 1. The molecule has 5 heteroatoms. The second-order valence-corrected chi connectivity index (χ2v) is 4.91. The molecule has 0 spiro atoms. The second-order valence-electron chi connectivity index (χ2n) is 4.91. The van der Waals surface area contributed by atoms with E-state index >= 15 is 0 Å². The Bertz CT molecular complexity index is 229. The first-order valence-electron chi connectivity index (χ1n) is 6.57. The van der Waals surface area contributed by atoms with Crippen LogP contribution in [0, 0.1) is 17.2 Å². The van der Waals surface area contributed by atoms with E-state index in [-0.39, 0.29) is 0 Å². The number of hydrogen-bond donors (Lipinski definition) is 2. The lowest BCUT2D eigenvalue weighted by atomic mass is 10.2. The number of ether oxygens (including phenoxy) is 1. The smallest absolute Gasteiger partial charge is 0.0791 e. The quantitative estimate of drug-likeness (QED) is 0.562. The molecule has 0 aromatic heterocycles. The zero-order valence-electron chi connectivity index (χ0n) is 11.9. The van der Waals surface area contributed by atoms with Crippen molar-refractivity contribution >= 4 is 0 Å². The maximum Gasteiger partial charge on any atom is 0.0791 e. The van der Waals surface area contributed by atoms with Gasteiger partial charge in [-0.05, 0) is 12.5 Å². The molecule has 0 aromatic carbocycles. The van der Waals surface area contributed by atoms with E-state index < -0.39 is 6.10 Å². The van der Waals surface area contributed by atoms with Gasteiger partial charge in [-0.3, -0.25) is 4.90 Å². The van der Waals surface area contributed by atoms with Crippen LogP contribution in [0.1, 0.15) is 20.3 Å². The highest BCUT2D eigenvalue weighted by atomic mass is 16.5. The van der Waals surface area contributed by atoms with Crippen molar-refractivity contribution in [1.82, 2.24) is 10.2 Å². The van der Waals surface area contributed by atoms with Gasteiger partial charge in [0.05, 0.1) is 18.8 Å². The van der Waals surface area contributed by atoms with Gasteiger partial charge < -0.3 is 15.2 Å². The van der Waals surface area contributed by atoms with Gasteiger partial charge in [0, 0.05) is 39.7 Å². The Morgan fingerprint density at radius 1 is 1.33 bits per heavy atom. The summed E-state index contributed by atoms with van der Waals surface area (Å²) in [4.78, 5) is 2.06. The molecule has 18 heavy (non-hydrogen) atoms. The van der Waals surface area contributed by atoms with E-state index in [2.05, 4.69) is 30.1 Å². The zero-order chi connectivity index (χ0) is 13.8. The van der Waals surface area contributed by atoms with E-state index in [1.165, 1.54) is 0 Å². The van der Waals surface area contributed by atoms with E-state index in [0.717, 1.165) is 13.1 Å². The third-order valence-electron chi connectivity index (χ3n) is 2.55. The Kier molecular flexibility index (Phi) is 11.0. The molecule has 0 amide bonds. The number of aliphatic hydroxyl groups excluding tert-OH is 1. The normalized spacial score (nSPS) is 12.9. The highest BCUT2D eigenvalue weighted by Gasteiger charge is 2.11. The fourth-order valence-electron chi connectivity index (χ4n) is 1.62. The number of hydrogen-bond acceptors (Lipinski definition) is 5. The van der Waals surface area contributed by atoms with Gasteiger partial charge in [-0.25, -0.2) is 0 Å². The van der Waals surface area contributed by atoms with Crippen molar-refractivity contribution in [1.29, 1.82) is 5.26 Å². The summed E-state index contributed by atoms with van der Waals surface area (Å²) in [5, 5.41) is 21.7. The standard InChI is InChI=1S/C13H27N3O2/c1-12(2)9-15-10-13(17)11-16(6-4-5-14)7-8-18-3/h12-13,15,17H,4,6-11H2,1-3H3. The third-order valence-corrected chi connectivity index (χ3v) is 2.55. The molecular weight excluding hydrogens is 230 g/mol. The Morgan fingerprint density at radius 3 is 2.61 bits per heavy atom. The van der Waals surface area contributed by atoms with Crippen LogP contribution < -0.4 is 5.32 Å². The molecule has 0 saturated heterocycles. The largest absolute Gasteiger partial charge is 0.390 e. The second kappa shape index (κ2) is 11.4. The molecular formula is C13H27N3O2.